The maximum atomic E-state index is 10.9. The Balaban J connectivity index is 3.34. The van der Waals surface area contributed by atoms with E-state index in [4.69, 9.17) is 0 Å². The van der Waals surface area contributed by atoms with Gasteiger partial charge in [0.2, 0.25) is 0 Å². The van der Waals surface area contributed by atoms with E-state index in [1.54, 1.807) is 0 Å². The summed E-state index contributed by atoms with van der Waals surface area (Å²) < 4.78 is 0.891. The third kappa shape index (κ3) is 0.967. The molecule has 1 rings (SSSR count). The Hall–Kier alpha value is -1.05. The van der Waals surface area contributed by atoms with Crippen molar-refractivity contribution in [3.8, 4) is 0 Å². The molecule has 0 spiro atoms. The summed E-state index contributed by atoms with van der Waals surface area (Å²) in [5, 5.41) is 10.9. The van der Waals surface area contributed by atoms with E-state index in [1.807, 2.05) is 26.8 Å². The van der Waals surface area contributed by atoms with Crippen LogP contribution < -0.4 is 4.73 Å². The van der Waals surface area contributed by atoms with Gasteiger partial charge in [0.25, 0.3) is 0 Å². The summed E-state index contributed by atoms with van der Waals surface area (Å²) in [6, 6.07) is 1.83. The Morgan fingerprint density at radius 3 is 2.40 bits per heavy atom. The third-order valence-electron chi connectivity index (χ3n) is 1.92. The van der Waals surface area contributed by atoms with Gasteiger partial charge in [-0.1, -0.05) is 0 Å². The first-order valence-electron chi connectivity index (χ1n) is 3.29. The lowest BCUT2D eigenvalue weighted by Crippen LogP contribution is -2.30. The molecule has 0 aromatic carbocycles. The molecular formula is C8H11NO. The van der Waals surface area contributed by atoms with E-state index in [0.29, 0.717) is 0 Å². The molecule has 0 aliphatic carbocycles. The fourth-order valence-corrected chi connectivity index (χ4v) is 0.867. The van der Waals surface area contributed by atoms with Crippen LogP contribution in [-0.4, -0.2) is 0 Å². The first-order chi connectivity index (χ1) is 4.63. The predicted octanol–water partition coefficient (Wildman–Crippen LogP) is 1.25. The van der Waals surface area contributed by atoms with Gasteiger partial charge < -0.3 is 5.21 Å². The van der Waals surface area contributed by atoms with Crippen molar-refractivity contribution in [1.29, 1.82) is 0 Å². The normalized spacial score (nSPS) is 9.90. The van der Waals surface area contributed by atoms with Gasteiger partial charge in [0.15, 0.2) is 11.9 Å². The molecule has 0 aliphatic heterocycles. The Morgan fingerprint density at radius 2 is 1.90 bits per heavy atom. The number of hydrogen-bond acceptors (Lipinski definition) is 1. The van der Waals surface area contributed by atoms with Crippen LogP contribution in [-0.2, 0) is 0 Å². The second-order valence-corrected chi connectivity index (χ2v) is 2.53. The van der Waals surface area contributed by atoms with Crippen LogP contribution in [0.15, 0.2) is 12.3 Å². The summed E-state index contributed by atoms with van der Waals surface area (Å²) in [5.74, 6) is 0. The number of nitrogens with zero attached hydrogens (tertiary/aromatic N) is 1. The lowest BCUT2D eigenvalue weighted by Gasteiger charge is -2.04. The number of aromatic nitrogens is 1. The van der Waals surface area contributed by atoms with Crippen molar-refractivity contribution < 1.29 is 4.73 Å². The quantitative estimate of drug-likeness (QED) is 0.390. The van der Waals surface area contributed by atoms with Gasteiger partial charge in [-0.3, -0.25) is 0 Å². The van der Waals surface area contributed by atoms with Crippen LogP contribution in [0.25, 0.3) is 0 Å². The molecule has 0 unspecified atom stereocenters. The van der Waals surface area contributed by atoms with Crippen LogP contribution in [0, 0.1) is 26.0 Å². The molecule has 0 radical (unpaired) electrons. The van der Waals surface area contributed by atoms with E-state index < -0.39 is 0 Å². The highest BCUT2D eigenvalue weighted by atomic mass is 16.5. The van der Waals surface area contributed by atoms with Crippen molar-refractivity contribution in [1.82, 2.24) is 0 Å². The molecular weight excluding hydrogens is 126 g/mol. The highest BCUT2D eigenvalue weighted by Crippen LogP contribution is 2.05. The van der Waals surface area contributed by atoms with Crippen LogP contribution in [0.3, 0.4) is 0 Å². The number of hydrogen-bond donors (Lipinski definition) is 0. The molecule has 2 heteroatoms. The van der Waals surface area contributed by atoms with Gasteiger partial charge in [0, 0.05) is 18.6 Å². The zero-order valence-corrected chi connectivity index (χ0v) is 6.51. The average Bonchev–Trinajstić information content (AvgIpc) is 1.93. The average molecular weight is 137 g/mol. The highest BCUT2D eigenvalue weighted by Gasteiger charge is 2.03. The highest BCUT2D eigenvalue weighted by molar-refractivity contribution is 5.22. The van der Waals surface area contributed by atoms with Crippen molar-refractivity contribution in [2.24, 2.45) is 0 Å². The van der Waals surface area contributed by atoms with Crippen molar-refractivity contribution >= 4 is 0 Å². The molecule has 10 heavy (non-hydrogen) atoms. The zero-order valence-electron chi connectivity index (χ0n) is 6.51. The Labute approximate surface area is 60.7 Å². The van der Waals surface area contributed by atoms with E-state index >= 15 is 0 Å². The van der Waals surface area contributed by atoms with Crippen LogP contribution in [0.4, 0.5) is 0 Å². The standard InChI is InChI=1S/C8H11NO/c1-6-4-5-9(10)8(3)7(6)2/h4-5H,1-3H3. The van der Waals surface area contributed by atoms with Gasteiger partial charge in [-0.2, -0.15) is 4.73 Å². The van der Waals surface area contributed by atoms with Crippen molar-refractivity contribution in [2.75, 3.05) is 0 Å². The summed E-state index contributed by atoms with van der Waals surface area (Å²) in [7, 11) is 0. The van der Waals surface area contributed by atoms with Crippen molar-refractivity contribution in [3.05, 3.63) is 34.3 Å². The SMILES string of the molecule is Cc1cc[n+]([O-])c(C)c1C. The van der Waals surface area contributed by atoms with E-state index in [2.05, 4.69) is 0 Å². The molecule has 0 saturated heterocycles. The van der Waals surface area contributed by atoms with Crippen molar-refractivity contribution in [3.63, 3.8) is 0 Å². The predicted molar refractivity (Wildman–Crippen MR) is 39.6 cm³/mol. The Bertz CT molecular complexity index is 229. The second kappa shape index (κ2) is 2.29. The fourth-order valence-electron chi connectivity index (χ4n) is 0.867. The maximum absolute atomic E-state index is 10.9. The van der Waals surface area contributed by atoms with Gasteiger partial charge in [-0.15, -0.1) is 0 Å². The number of pyridine rings is 1. The van der Waals surface area contributed by atoms with Gasteiger partial charge in [0.05, 0.1) is 0 Å². The fraction of sp³-hybridized carbons (Fsp3) is 0.375. The zero-order chi connectivity index (χ0) is 7.72. The first-order valence-corrected chi connectivity index (χ1v) is 3.29. The second-order valence-electron chi connectivity index (χ2n) is 2.53. The molecule has 0 fully saturated rings. The lowest BCUT2D eigenvalue weighted by atomic mass is 10.1. The minimum absolute atomic E-state index is 0.792. The van der Waals surface area contributed by atoms with E-state index in [9.17, 15) is 5.21 Å². The van der Waals surface area contributed by atoms with Gasteiger partial charge >= 0.3 is 0 Å². The van der Waals surface area contributed by atoms with E-state index in [-0.39, 0.29) is 0 Å². The number of aryl methyl sites for hydroxylation is 1. The summed E-state index contributed by atoms with van der Waals surface area (Å²) in [5.41, 5.74) is 3.04. The molecule has 0 atom stereocenters. The van der Waals surface area contributed by atoms with Gasteiger partial charge in [0.1, 0.15) is 0 Å². The molecule has 0 N–H and O–H groups in total. The minimum atomic E-state index is 0.792. The molecule has 54 valence electrons. The summed E-state index contributed by atoms with van der Waals surface area (Å²) in [6.07, 6.45) is 1.54. The summed E-state index contributed by atoms with van der Waals surface area (Å²) in [4.78, 5) is 0. The van der Waals surface area contributed by atoms with Gasteiger partial charge in [-0.25, -0.2) is 0 Å². The lowest BCUT2D eigenvalue weighted by molar-refractivity contribution is -0.612. The van der Waals surface area contributed by atoms with Crippen LogP contribution in [0.1, 0.15) is 16.8 Å². The van der Waals surface area contributed by atoms with Crippen LogP contribution in [0.2, 0.25) is 0 Å². The Morgan fingerprint density at radius 1 is 1.30 bits per heavy atom. The molecule has 1 heterocycles. The topological polar surface area (TPSA) is 26.9 Å². The van der Waals surface area contributed by atoms with E-state index in [0.717, 1.165) is 16.0 Å². The molecule has 1 aromatic rings. The molecule has 0 aliphatic rings. The number of rotatable bonds is 0. The largest absolute Gasteiger partial charge is 0.619 e. The monoisotopic (exact) mass is 137 g/mol. The Kier molecular flexibility index (Phi) is 1.62. The molecule has 0 saturated carbocycles. The van der Waals surface area contributed by atoms with E-state index in [1.165, 1.54) is 11.8 Å². The minimum Gasteiger partial charge on any atom is -0.619 e. The molecule has 0 amide bonds. The van der Waals surface area contributed by atoms with Crippen LogP contribution >= 0.6 is 0 Å². The smallest absolute Gasteiger partial charge is 0.192 e. The molecule has 1 aromatic heterocycles. The summed E-state index contributed by atoms with van der Waals surface area (Å²) in [6.45, 7) is 5.79. The molecule has 0 bridgehead atoms. The summed E-state index contributed by atoms with van der Waals surface area (Å²) >= 11 is 0. The van der Waals surface area contributed by atoms with Crippen LogP contribution in [0.5, 0.6) is 0 Å². The van der Waals surface area contributed by atoms with Crippen molar-refractivity contribution in [2.45, 2.75) is 20.8 Å². The van der Waals surface area contributed by atoms with Gasteiger partial charge in [-0.05, 0) is 19.4 Å². The maximum Gasteiger partial charge on any atom is 0.192 e. The third-order valence-corrected chi connectivity index (χ3v) is 1.92. The first kappa shape index (κ1) is 7.06. The molecule has 2 nitrogen and oxygen atoms in total.